The highest BCUT2D eigenvalue weighted by Gasteiger charge is 2.23. The van der Waals surface area contributed by atoms with Crippen molar-refractivity contribution in [2.24, 2.45) is 0 Å². The molecule has 0 N–H and O–H groups in total. The van der Waals surface area contributed by atoms with Gasteiger partial charge in [0.25, 0.3) is 6.73 Å². The zero-order valence-electron chi connectivity index (χ0n) is 10.8. The number of hydrogen-bond donors (Lipinski definition) is 0. The Bertz CT molecular complexity index is 1000. The van der Waals surface area contributed by atoms with Gasteiger partial charge in [0.2, 0.25) is 5.52 Å². The second kappa shape index (κ2) is 3.48. The number of fused-ring (bicyclic) bond motifs is 2. The molecule has 2 heteroatoms. The van der Waals surface area contributed by atoms with E-state index in [9.17, 15) is 0 Å². The normalized spacial score (nSPS) is 13.2. The van der Waals surface area contributed by atoms with Crippen LogP contribution in [0.1, 0.15) is 0 Å². The molecule has 5 rings (SSSR count). The molecule has 20 heavy (non-hydrogen) atoms. The molecule has 0 bridgehead atoms. The summed E-state index contributed by atoms with van der Waals surface area (Å²) in [5.74, 6) is 1.02. The molecule has 94 valence electrons. The van der Waals surface area contributed by atoms with Gasteiger partial charge >= 0.3 is 0 Å². The molecule has 1 aliphatic rings. The molecule has 2 heterocycles. The highest BCUT2D eigenvalue weighted by Crippen LogP contribution is 2.39. The average Bonchev–Trinajstić information content (AvgIpc) is 2.52. The van der Waals surface area contributed by atoms with E-state index in [0.717, 1.165) is 5.75 Å². The lowest BCUT2D eigenvalue weighted by molar-refractivity contribution is -0.701. The zero-order chi connectivity index (χ0) is 13.1. The van der Waals surface area contributed by atoms with Crippen LogP contribution in [-0.2, 0) is 6.73 Å². The molecule has 0 amide bonds. The molecular formula is C18H12NO+. The third kappa shape index (κ3) is 1.16. The van der Waals surface area contributed by atoms with Crippen molar-refractivity contribution in [3.63, 3.8) is 0 Å². The first-order valence-corrected chi connectivity index (χ1v) is 6.81. The molecule has 0 saturated carbocycles. The van der Waals surface area contributed by atoms with Gasteiger partial charge in [0.05, 0.1) is 5.39 Å². The SMILES string of the molecule is c1ccc2c3c4c(ccc5ccc[n+](c54)CO3)cc2c1. The predicted molar refractivity (Wildman–Crippen MR) is 79.8 cm³/mol. The van der Waals surface area contributed by atoms with Crippen molar-refractivity contribution in [1.29, 1.82) is 0 Å². The zero-order valence-corrected chi connectivity index (χ0v) is 10.8. The molecule has 4 aromatic rings. The molecule has 0 unspecified atom stereocenters. The summed E-state index contributed by atoms with van der Waals surface area (Å²) in [6.07, 6.45) is 2.08. The standard InChI is InChI=1S/C18H12NO/c1-2-6-15-13(4-1)10-14-8-7-12-5-3-9-19-11-20-18(15)16(14)17(12)19/h1-10H,11H2/q+1. The Morgan fingerprint density at radius 2 is 1.70 bits per heavy atom. The number of benzene rings is 3. The third-order valence-electron chi connectivity index (χ3n) is 4.16. The maximum Gasteiger partial charge on any atom is 0.292 e. The van der Waals surface area contributed by atoms with Gasteiger partial charge in [-0.3, -0.25) is 0 Å². The van der Waals surface area contributed by atoms with E-state index in [4.69, 9.17) is 4.74 Å². The number of aromatic nitrogens is 1. The fraction of sp³-hybridized carbons (Fsp3) is 0.0556. The van der Waals surface area contributed by atoms with Gasteiger partial charge in [-0.1, -0.05) is 30.3 Å². The molecule has 3 aromatic carbocycles. The third-order valence-corrected chi connectivity index (χ3v) is 4.16. The summed E-state index contributed by atoms with van der Waals surface area (Å²) in [6, 6.07) is 19.3. The Morgan fingerprint density at radius 3 is 2.70 bits per heavy atom. The van der Waals surface area contributed by atoms with Crippen molar-refractivity contribution in [3.05, 3.63) is 60.8 Å². The Labute approximate surface area is 115 Å². The number of nitrogens with zero attached hydrogens (tertiary/aromatic N) is 1. The molecule has 1 aliphatic heterocycles. The van der Waals surface area contributed by atoms with Crippen molar-refractivity contribution in [2.75, 3.05) is 0 Å². The van der Waals surface area contributed by atoms with Crippen molar-refractivity contribution in [3.8, 4) is 5.75 Å². The number of pyridine rings is 1. The number of rotatable bonds is 0. The van der Waals surface area contributed by atoms with Crippen LogP contribution < -0.4 is 9.30 Å². The van der Waals surface area contributed by atoms with Gasteiger partial charge in [-0.05, 0) is 29.0 Å². The lowest BCUT2D eigenvalue weighted by atomic mass is 9.99. The van der Waals surface area contributed by atoms with Gasteiger partial charge in [-0.25, -0.2) is 0 Å². The highest BCUT2D eigenvalue weighted by molar-refractivity contribution is 6.14. The Morgan fingerprint density at radius 1 is 0.850 bits per heavy atom. The molecule has 0 atom stereocenters. The fourth-order valence-electron chi connectivity index (χ4n) is 3.27. The van der Waals surface area contributed by atoms with Crippen LogP contribution in [0.5, 0.6) is 5.75 Å². The van der Waals surface area contributed by atoms with Crippen molar-refractivity contribution < 1.29 is 9.30 Å². The summed E-state index contributed by atoms with van der Waals surface area (Å²) in [5.41, 5.74) is 1.28. The minimum Gasteiger partial charge on any atom is -0.434 e. The van der Waals surface area contributed by atoms with E-state index in [0.29, 0.717) is 6.73 Å². The van der Waals surface area contributed by atoms with Crippen molar-refractivity contribution >= 4 is 32.4 Å². The van der Waals surface area contributed by atoms with E-state index in [1.54, 1.807) is 0 Å². The summed E-state index contributed by atoms with van der Waals surface area (Å²) >= 11 is 0. The van der Waals surface area contributed by atoms with Crippen molar-refractivity contribution in [1.82, 2.24) is 0 Å². The fourth-order valence-corrected chi connectivity index (χ4v) is 3.27. The van der Waals surface area contributed by atoms with E-state index in [1.807, 2.05) is 0 Å². The molecule has 2 nitrogen and oxygen atoms in total. The van der Waals surface area contributed by atoms with Gasteiger partial charge in [0, 0.05) is 16.8 Å². The highest BCUT2D eigenvalue weighted by atomic mass is 16.5. The largest absolute Gasteiger partial charge is 0.434 e. The number of ether oxygens (including phenoxy) is 1. The lowest BCUT2D eigenvalue weighted by Crippen LogP contribution is -2.39. The minimum absolute atomic E-state index is 0.581. The van der Waals surface area contributed by atoms with Crippen LogP contribution in [0.3, 0.4) is 0 Å². The van der Waals surface area contributed by atoms with Crippen LogP contribution >= 0.6 is 0 Å². The maximum absolute atomic E-state index is 6.06. The summed E-state index contributed by atoms with van der Waals surface area (Å²) in [6.45, 7) is 0.581. The van der Waals surface area contributed by atoms with Crippen LogP contribution in [0.4, 0.5) is 0 Å². The quantitative estimate of drug-likeness (QED) is 0.266. The summed E-state index contributed by atoms with van der Waals surface area (Å²) in [4.78, 5) is 0. The topological polar surface area (TPSA) is 13.1 Å². The average molecular weight is 258 g/mol. The maximum atomic E-state index is 6.06. The smallest absolute Gasteiger partial charge is 0.292 e. The first kappa shape index (κ1) is 10.2. The molecule has 0 radical (unpaired) electrons. The molecular weight excluding hydrogens is 246 g/mol. The van der Waals surface area contributed by atoms with Crippen LogP contribution in [0.25, 0.3) is 32.4 Å². The van der Waals surface area contributed by atoms with Crippen molar-refractivity contribution in [2.45, 2.75) is 6.73 Å². The minimum atomic E-state index is 0.581. The predicted octanol–water partition coefficient (Wildman–Crippen LogP) is 3.78. The van der Waals surface area contributed by atoms with Crippen LogP contribution in [0, 0.1) is 0 Å². The second-order valence-corrected chi connectivity index (χ2v) is 5.28. The summed E-state index contributed by atoms with van der Waals surface area (Å²) in [5, 5.41) is 6.17. The molecule has 0 aliphatic carbocycles. The Hall–Kier alpha value is -2.61. The first-order valence-electron chi connectivity index (χ1n) is 6.81. The van der Waals surface area contributed by atoms with Gasteiger partial charge in [0.15, 0.2) is 6.20 Å². The Kier molecular flexibility index (Phi) is 1.78. The van der Waals surface area contributed by atoms with Gasteiger partial charge in [-0.2, -0.15) is 4.57 Å². The van der Waals surface area contributed by atoms with Crippen LogP contribution in [0.2, 0.25) is 0 Å². The van der Waals surface area contributed by atoms with E-state index >= 15 is 0 Å². The van der Waals surface area contributed by atoms with E-state index in [2.05, 4.69) is 65.4 Å². The monoisotopic (exact) mass is 258 g/mol. The van der Waals surface area contributed by atoms with E-state index in [-0.39, 0.29) is 0 Å². The van der Waals surface area contributed by atoms with Crippen LogP contribution in [0.15, 0.2) is 60.8 Å². The van der Waals surface area contributed by atoms with E-state index in [1.165, 1.54) is 32.4 Å². The molecule has 0 spiro atoms. The first-order chi connectivity index (χ1) is 9.92. The van der Waals surface area contributed by atoms with E-state index < -0.39 is 0 Å². The molecule has 0 saturated heterocycles. The molecule has 0 fully saturated rings. The second-order valence-electron chi connectivity index (χ2n) is 5.28. The lowest BCUT2D eigenvalue weighted by Gasteiger charge is -2.16. The van der Waals surface area contributed by atoms with Gasteiger partial charge < -0.3 is 4.74 Å². The summed E-state index contributed by atoms with van der Waals surface area (Å²) in [7, 11) is 0. The van der Waals surface area contributed by atoms with Gasteiger partial charge in [0.1, 0.15) is 5.75 Å². The van der Waals surface area contributed by atoms with Crippen LogP contribution in [-0.4, -0.2) is 0 Å². The van der Waals surface area contributed by atoms with Gasteiger partial charge in [-0.15, -0.1) is 0 Å². The number of hydrogen-bond acceptors (Lipinski definition) is 1. The molecule has 1 aromatic heterocycles. The Balaban J connectivity index is 2.16. The summed E-state index contributed by atoms with van der Waals surface area (Å²) < 4.78 is 8.24.